The number of terminal acetylenes is 1. The summed E-state index contributed by atoms with van der Waals surface area (Å²) in [7, 11) is 0. The Labute approximate surface area is 166 Å². The summed E-state index contributed by atoms with van der Waals surface area (Å²) in [5.41, 5.74) is -1.21. The monoisotopic (exact) mass is 406 g/mol. The van der Waals surface area contributed by atoms with E-state index in [1.807, 2.05) is 4.90 Å². The number of phenols is 1. The van der Waals surface area contributed by atoms with Crippen LogP contribution in [0.3, 0.4) is 0 Å². The predicted molar refractivity (Wildman–Crippen MR) is 102 cm³/mol. The molecule has 0 aliphatic carbocycles. The van der Waals surface area contributed by atoms with E-state index in [2.05, 4.69) is 21.4 Å². The molecule has 3 N–H and O–H groups in total. The number of aliphatic hydroxyl groups excluding tert-OH is 1. The second-order valence-corrected chi connectivity index (χ2v) is 6.87. The topological polar surface area (TPSA) is 81.5 Å². The minimum Gasteiger partial charge on any atom is -0.507 e. The molecule has 1 aliphatic rings. The molecular formula is C20H21F3N4O2. The first kappa shape index (κ1) is 20.9. The number of piperidine rings is 1. The average molecular weight is 406 g/mol. The van der Waals surface area contributed by atoms with Gasteiger partial charge in [-0.25, -0.2) is 0 Å². The molecule has 0 amide bonds. The molecule has 1 fully saturated rings. The quantitative estimate of drug-likeness (QED) is 0.663. The van der Waals surface area contributed by atoms with Crippen molar-refractivity contribution in [3.8, 4) is 29.4 Å². The van der Waals surface area contributed by atoms with Crippen molar-refractivity contribution in [2.75, 3.05) is 31.6 Å². The number of halogens is 3. The van der Waals surface area contributed by atoms with Crippen LogP contribution in [0, 0.1) is 12.3 Å². The summed E-state index contributed by atoms with van der Waals surface area (Å²) in [6.07, 6.45) is 2.21. The van der Waals surface area contributed by atoms with E-state index in [9.17, 15) is 18.3 Å². The second-order valence-electron chi connectivity index (χ2n) is 6.87. The fraction of sp³-hybridized carbons (Fsp3) is 0.400. The van der Waals surface area contributed by atoms with Gasteiger partial charge in [0, 0.05) is 30.3 Å². The number of likely N-dealkylation sites (tertiary alicyclic amines) is 1. The molecule has 6 nitrogen and oxygen atoms in total. The maximum atomic E-state index is 13.7. The summed E-state index contributed by atoms with van der Waals surface area (Å²) in [4.78, 5) is 2.04. The van der Waals surface area contributed by atoms with Gasteiger partial charge in [0.05, 0.1) is 12.2 Å². The smallest absolute Gasteiger partial charge is 0.418 e. The predicted octanol–water partition coefficient (Wildman–Crippen LogP) is 2.72. The van der Waals surface area contributed by atoms with Gasteiger partial charge in [0.1, 0.15) is 17.3 Å². The Balaban J connectivity index is 1.90. The first-order chi connectivity index (χ1) is 13.8. The lowest BCUT2D eigenvalue weighted by Gasteiger charge is -2.32. The van der Waals surface area contributed by atoms with Gasteiger partial charge in [-0.15, -0.1) is 16.6 Å². The van der Waals surface area contributed by atoms with E-state index in [0.29, 0.717) is 18.7 Å². The molecule has 29 heavy (non-hydrogen) atoms. The Morgan fingerprint density at radius 3 is 2.72 bits per heavy atom. The lowest BCUT2D eigenvalue weighted by Crippen LogP contribution is -2.43. The van der Waals surface area contributed by atoms with E-state index in [-0.39, 0.29) is 24.0 Å². The highest BCUT2D eigenvalue weighted by Gasteiger charge is 2.36. The third kappa shape index (κ3) is 4.96. The summed E-state index contributed by atoms with van der Waals surface area (Å²) in [5, 5.41) is 29.8. The molecule has 2 aromatic rings. The van der Waals surface area contributed by atoms with Crippen LogP contribution in [-0.2, 0) is 6.18 Å². The second kappa shape index (κ2) is 8.68. The molecule has 1 aromatic carbocycles. The molecule has 1 aliphatic heterocycles. The number of alkyl halides is 3. The van der Waals surface area contributed by atoms with Gasteiger partial charge in [0.2, 0.25) is 0 Å². The number of benzene rings is 1. The van der Waals surface area contributed by atoms with Crippen LogP contribution in [0.5, 0.6) is 5.75 Å². The van der Waals surface area contributed by atoms with E-state index < -0.39 is 23.2 Å². The number of anilines is 1. The van der Waals surface area contributed by atoms with Crippen molar-refractivity contribution < 1.29 is 23.4 Å². The lowest BCUT2D eigenvalue weighted by molar-refractivity contribution is -0.137. The lowest BCUT2D eigenvalue weighted by atomic mass is 10.0. The van der Waals surface area contributed by atoms with E-state index in [4.69, 9.17) is 11.5 Å². The number of phenolic OH excluding ortho intramolecular Hbond substituents is 1. The molecule has 154 valence electrons. The normalized spacial score (nSPS) is 17.7. The molecule has 0 spiro atoms. The number of rotatable bonds is 5. The summed E-state index contributed by atoms with van der Waals surface area (Å²) in [6.45, 7) is 1.98. The van der Waals surface area contributed by atoms with Gasteiger partial charge >= 0.3 is 6.18 Å². The number of hydrogen-bond donors (Lipinski definition) is 3. The molecule has 1 saturated heterocycles. The van der Waals surface area contributed by atoms with Crippen molar-refractivity contribution in [3.63, 3.8) is 0 Å². The zero-order valence-corrected chi connectivity index (χ0v) is 15.6. The molecule has 1 atom stereocenters. The number of aromatic hydroxyl groups is 1. The van der Waals surface area contributed by atoms with Crippen molar-refractivity contribution in [3.05, 3.63) is 35.4 Å². The maximum Gasteiger partial charge on any atom is 0.418 e. The molecule has 0 bridgehead atoms. The van der Waals surface area contributed by atoms with Crippen molar-refractivity contribution in [1.29, 1.82) is 0 Å². The highest BCUT2D eigenvalue weighted by atomic mass is 19.4. The van der Waals surface area contributed by atoms with Crippen LogP contribution in [0.15, 0.2) is 24.3 Å². The largest absolute Gasteiger partial charge is 0.507 e. The van der Waals surface area contributed by atoms with Gasteiger partial charge in [-0.05, 0) is 43.7 Å². The van der Waals surface area contributed by atoms with Crippen molar-refractivity contribution in [2.24, 2.45) is 0 Å². The molecule has 9 heteroatoms. The minimum absolute atomic E-state index is 0.0108. The highest BCUT2D eigenvalue weighted by molar-refractivity contribution is 5.72. The fourth-order valence-corrected chi connectivity index (χ4v) is 3.43. The maximum absolute atomic E-state index is 13.7. The number of nitrogens with zero attached hydrogens (tertiary/aromatic N) is 3. The van der Waals surface area contributed by atoms with Crippen molar-refractivity contribution in [1.82, 2.24) is 15.1 Å². The number of β-amino-alcohol motifs (C(OH)–C–C–N with tert-alkyl or cyclic N) is 1. The van der Waals surface area contributed by atoms with Crippen LogP contribution in [0.1, 0.15) is 24.0 Å². The van der Waals surface area contributed by atoms with Gasteiger partial charge in [0.15, 0.2) is 0 Å². The van der Waals surface area contributed by atoms with Gasteiger partial charge in [-0.1, -0.05) is 5.92 Å². The zero-order chi connectivity index (χ0) is 21.0. The Morgan fingerprint density at radius 1 is 1.28 bits per heavy atom. The van der Waals surface area contributed by atoms with E-state index in [0.717, 1.165) is 25.5 Å². The summed E-state index contributed by atoms with van der Waals surface area (Å²) in [6, 6.07) is 4.74. The van der Waals surface area contributed by atoms with Crippen LogP contribution < -0.4 is 5.32 Å². The van der Waals surface area contributed by atoms with Crippen LogP contribution in [0.2, 0.25) is 0 Å². The first-order valence-corrected chi connectivity index (χ1v) is 9.16. The summed E-state index contributed by atoms with van der Waals surface area (Å²) >= 11 is 0. The van der Waals surface area contributed by atoms with Gasteiger partial charge in [-0.3, -0.25) is 4.90 Å². The molecule has 0 saturated carbocycles. The van der Waals surface area contributed by atoms with Crippen LogP contribution in [0.25, 0.3) is 11.3 Å². The van der Waals surface area contributed by atoms with Crippen LogP contribution in [0.4, 0.5) is 19.0 Å². The Morgan fingerprint density at radius 2 is 2.07 bits per heavy atom. The standard InChI is InChI=1S/C20H21F3N4O2/c1-2-13-5-6-15(17(29)10-13)19-16(20(21,22)23)11-18(25-26-19)24-14-4-3-7-27(12-14)8-9-28/h1,5-6,10-11,14,28-29H,3-4,7-9,12H2,(H,24,25). The third-order valence-corrected chi connectivity index (χ3v) is 4.79. The molecule has 3 rings (SSSR count). The van der Waals surface area contributed by atoms with Gasteiger partial charge in [-0.2, -0.15) is 13.2 Å². The Kier molecular flexibility index (Phi) is 6.25. The first-order valence-electron chi connectivity index (χ1n) is 9.16. The van der Waals surface area contributed by atoms with E-state index >= 15 is 0 Å². The number of nitrogens with one attached hydrogen (secondary N) is 1. The molecule has 2 heterocycles. The number of aliphatic hydroxyl groups is 1. The zero-order valence-electron chi connectivity index (χ0n) is 15.6. The minimum atomic E-state index is -4.69. The molecular weight excluding hydrogens is 385 g/mol. The highest BCUT2D eigenvalue weighted by Crippen LogP contribution is 2.39. The van der Waals surface area contributed by atoms with E-state index in [1.54, 1.807) is 0 Å². The molecule has 1 unspecified atom stereocenters. The van der Waals surface area contributed by atoms with Gasteiger partial charge < -0.3 is 15.5 Å². The third-order valence-electron chi connectivity index (χ3n) is 4.79. The SMILES string of the molecule is C#Cc1ccc(-c2nnc(NC3CCCN(CCO)C3)cc2C(F)(F)F)c(O)c1. The average Bonchev–Trinajstić information content (AvgIpc) is 2.68. The number of aromatic nitrogens is 2. The molecule has 0 radical (unpaired) electrons. The van der Waals surface area contributed by atoms with Crippen molar-refractivity contribution in [2.45, 2.75) is 25.1 Å². The molecule has 1 aromatic heterocycles. The summed E-state index contributed by atoms with van der Waals surface area (Å²) in [5.74, 6) is 1.93. The summed E-state index contributed by atoms with van der Waals surface area (Å²) < 4.78 is 41.1. The number of hydrogen-bond acceptors (Lipinski definition) is 6. The van der Waals surface area contributed by atoms with Crippen molar-refractivity contribution >= 4 is 5.82 Å². The Hall–Kier alpha value is -2.83. The van der Waals surface area contributed by atoms with Crippen LogP contribution in [-0.4, -0.2) is 57.6 Å². The van der Waals surface area contributed by atoms with E-state index in [1.165, 1.54) is 18.2 Å². The van der Waals surface area contributed by atoms with Gasteiger partial charge in [0.25, 0.3) is 0 Å². The Bertz CT molecular complexity index is 910. The fourth-order valence-electron chi connectivity index (χ4n) is 3.43. The van der Waals surface area contributed by atoms with Crippen LogP contribution >= 0.6 is 0 Å².